The molecule has 1 aliphatic carbocycles. The lowest BCUT2D eigenvalue weighted by molar-refractivity contribution is 0.268. The molecular formula is C14H22N2O2S. The molecule has 0 heterocycles. The van der Waals surface area contributed by atoms with Crippen LogP contribution in [-0.2, 0) is 10.0 Å². The molecule has 1 fully saturated rings. The van der Waals surface area contributed by atoms with Crippen molar-refractivity contribution >= 4 is 10.0 Å². The maximum absolute atomic E-state index is 12.6. The summed E-state index contributed by atoms with van der Waals surface area (Å²) in [6.45, 7) is 1.90. The number of nitrogens with two attached hydrogens (primary N) is 1. The van der Waals surface area contributed by atoms with Crippen LogP contribution in [0.25, 0.3) is 0 Å². The van der Waals surface area contributed by atoms with Gasteiger partial charge in [-0.3, -0.25) is 0 Å². The van der Waals surface area contributed by atoms with Crippen LogP contribution in [0.1, 0.15) is 31.2 Å². The summed E-state index contributed by atoms with van der Waals surface area (Å²) in [6.07, 6.45) is 3.50. The highest BCUT2D eigenvalue weighted by Crippen LogP contribution is 2.26. The predicted molar refractivity (Wildman–Crippen MR) is 76.4 cm³/mol. The van der Waals surface area contributed by atoms with E-state index in [0.717, 1.165) is 31.2 Å². The normalized spacial score (nSPS) is 24.6. The molecule has 19 heavy (non-hydrogen) atoms. The fourth-order valence-electron chi connectivity index (χ4n) is 2.60. The van der Waals surface area contributed by atoms with Crippen LogP contribution in [0.15, 0.2) is 29.2 Å². The summed E-state index contributed by atoms with van der Waals surface area (Å²) in [7, 11) is -1.71. The second-order valence-corrected chi connectivity index (χ2v) is 7.40. The largest absolute Gasteiger partial charge is 0.328 e. The molecule has 1 saturated carbocycles. The Balaban J connectivity index is 2.20. The van der Waals surface area contributed by atoms with Gasteiger partial charge in [-0.25, -0.2) is 8.42 Å². The average molecular weight is 282 g/mol. The van der Waals surface area contributed by atoms with Crippen LogP contribution in [0.2, 0.25) is 0 Å². The van der Waals surface area contributed by atoms with E-state index in [1.54, 1.807) is 25.2 Å². The molecule has 4 nitrogen and oxygen atoms in total. The molecule has 0 saturated heterocycles. The van der Waals surface area contributed by atoms with Crippen LogP contribution in [0.4, 0.5) is 0 Å². The number of aryl methyl sites for hydroxylation is 1. The van der Waals surface area contributed by atoms with Crippen molar-refractivity contribution in [2.24, 2.45) is 5.73 Å². The fraction of sp³-hybridized carbons (Fsp3) is 0.571. The van der Waals surface area contributed by atoms with Gasteiger partial charge in [-0.05, 0) is 50.3 Å². The molecule has 0 atom stereocenters. The molecule has 1 aromatic carbocycles. The predicted octanol–water partition coefficient (Wildman–Crippen LogP) is 1.89. The van der Waals surface area contributed by atoms with Crippen LogP contribution in [0.5, 0.6) is 0 Å². The van der Waals surface area contributed by atoms with Gasteiger partial charge >= 0.3 is 0 Å². The van der Waals surface area contributed by atoms with E-state index in [-0.39, 0.29) is 12.1 Å². The van der Waals surface area contributed by atoms with Crippen LogP contribution in [-0.4, -0.2) is 31.9 Å². The third kappa shape index (κ3) is 3.16. The lowest BCUT2D eigenvalue weighted by Crippen LogP contribution is -2.41. The van der Waals surface area contributed by atoms with E-state index < -0.39 is 10.0 Å². The SMILES string of the molecule is Cc1cccc(S(=O)(=O)N(C)C2CCC(N)CC2)c1. The number of nitrogens with zero attached hydrogens (tertiary/aromatic N) is 1. The summed E-state index contributed by atoms with van der Waals surface area (Å²) in [5.41, 5.74) is 6.83. The highest BCUT2D eigenvalue weighted by atomic mass is 32.2. The van der Waals surface area contributed by atoms with Gasteiger partial charge in [0.15, 0.2) is 0 Å². The van der Waals surface area contributed by atoms with Gasteiger partial charge in [0.2, 0.25) is 10.0 Å². The van der Waals surface area contributed by atoms with Gasteiger partial charge in [-0.15, -0.1) is 0 Å². The first-order valence-electron chi connectivity index (χ1n) is 6.71. The zero-order chi connectivity index (χ0) is 14.0. The van der Waals surface area contributed by atoms with E-state index in [4.69, 9.17) is 5.73 Å². The number of hydrogen-bond donors (Lipinski definition) is 1. The van der Waals surface area contributed by atoms with Gasteiger partial charge in [0.05, 0.1) is 4.90 Å². The number of benzene rings is 1. The van der Waals surface area contributed by atoms with Crippen molar-refractivity contribution in [3.05, 3.63) is 29.8 Å². The Kier molecular flexibility index (Phi) is 4.28. The first-order chi connectivity index (χ1) is 8.91. The summed E-state index contributed by atoms with van der Waals surface area (Å²) in [4.78, 5) is 0.380. The van der Waals surface area contributed by atoms with Crippen LogP contribution < -0.4 is 5.73 Å². The molecule has 0 unspecified atom stereocenters. The number of rotatable bonds is 3. The molecule has 0 amide bonds. The fourth-order valence-corrected chi connectivity index (χ4v) is 4.12. The molecule has 1 aliphatic rings. The highest BCUT2D eigenvalue weighted by molar-refractivity contribution is 7.89. The summed E-state index contributed by atoms with van der Waals surface area (Å²) < 4.78 is 26.6. The standard InChI is InChI=1S/C14H22N2O2S/c1-11-4-3-5-14(10-11)19(17,18)16(2)13-8-6-12(15)7-9-13/h3-5,10,12-13H,6-9,15H2,1-2H3. The molecule has 2 N–H and O–H groups in total. The van der Waals surface area contributed by atoms with Gasteiger partial charge in [-0.1, -0.05) is 12.1 Å². The van der Waals surface area contributed by atoms with E-state index in [0.29, 0.717) is 4.90 Å². The van der Waals surface area contributed by atoms with Crippen LogP contribution in [0.3, 0.4) is 0 Å². The Labute approximate surface area is 115 Å². The van der Waals surface area contributed by atoms with Gasteiger partial charge in [-0.2, -0.15) is 4.31 Å². The molecule has 0 spiro atoms. The summed E-state index contributed by atoms with van der Waals surface area (Å²) >= 11 is 0. The van der Waals surface area contributed by atoms with Crippen LogP contribution in [0, 0.1) is 6.92 Å². The second-order valence-electron chi connectivity index (χ2n) is 5.41. The van der Waals surface area contributed by atoms with Crippen molar-refractivity contribution in [3.63, 3.8) is 0 Å². The summed E-state index contributed by atoms with van der Waals surface area (Å²) in [5.74, 6) is 0. The first kappa shape index (κ1) is 14.5. The van der Waals surface area contributed by atoms with Crippen molar-refractivity contribution < 1.29 is 8.42 Å². The number of sulfonamides is 1. The second kappa shape index (κ2) is 5.61. The lowest BCUT2D eigenvalue weighted by atomic mass is 9.92. The van der Waals surface area contributed by atoms with Crippen molar-refractivity contribution in [2.75, 3.05) is 7.05 Å². The number of hydrogen-bond acceptors (Lipinski definition) is 3. The molecule has 0 aliphatic heterocycles. The zero-order valence-electron chi connectivity index (χ0n) is 11.5. The van der Waals surface area contributed by atoms with Gasteiger partial charge in [0.25, 0.3) is 0 Å². The monoisotopic (exact) mass is 282 g/mol. The topological polar surface area (TPSA) is 63.4 Å². The van der Waals surface area contributed by atoms with Gasteiger partial charge < -0.3 is 5.73 Å². The summed E-state index contributed by atoms with van der Waals surface area (Å²) in [5, 5.41) is 0. The molecule has 0 aromatic heterocycles. The minimum absolute atomic E-state index is 0.0744. The van der Waals surface area contributed by atoms with E-state index in [1.807, 2.05) is 13.0 Å². The van der Waals surface area contributed by atoms with Gasteiger partial charge in [0.1, 0.15) is 0 Å². The molecule has 0 bridgehead atoms. The van der Waals surface area contributed by atoms with Crippen molar-refractivity contribution in [1.82, 2.24) is 4.31 Å². The van der Waals surface area contributed by atoms with Gasteiger partial charge in [0, 0.05) is 19.1 Å². The molecule has 106 valence electrons. The van der Waals surface area contributed by atoms with Crippen molar-refractivity contribution in [2.45, 2.75) is 49.6 Å². The van der Waals surface area contributed by atoms with E-state index in [2.05, 4.69) is 0 Å². The van der Waals surface area contributed by atoms with Crippen molar-refractivity contribution in [3.8, 4) is 0 Å². The lowest BCUT2D eigenvalue weighted by Gasteiger charge is -2.32. The Morgan fingerprint density at radius 3 is 2.42 bits per heavy atom. The minimum Gasteiger partial charge on any atom is -0.328 e. The summed E-state index contributed by atoms with van der Waals surface area (Å²) in [6, 6.07) is 7.37. The first-order valence-corrected chi connectivity index (χ1v) is 8.15. The Morgan fingerprint density at radius 2 is 1.84 bits per heavy atom. The Hall–Kier alpha value is -0.910. The molecule has 0 radical (unpaired) electrons. The van der Waals surface area contributed by atoms with Crippen LogP contribution >= 0.6 is 0 Å². The smallest absolute Gasteiger partial charge is 0.243 e. The maximum atomic E-state index is 12.6. The van der Waals surface area contributed by atoms with E-state index in [9.17, 15) is 8.42 Å². The molecule has 5 heteroatoms. The zero-order valence-corrected chi connectivity index (χ0v) is 12.4. The molecule has 1 aromatic rings. The highest BCUT2D eigenvalue weighted by Gasteiger charge is 2.30. The Bertz CT molecular complexity index is 534. The quantitative estimate of drug-likeness (QED) is 0.920. The third-order valence-corrected chi connectivity index (χ3v) is 5.83. The third-order valence-electron chi connectivity index (χ3n) is 3.92. The van der Waals surface area contributed by atoms with Crippen molar-refractivity contribution in [1.29, 1.82) is 0 Å². The molecular weight excluding hydrogens is 260 g/mol. The Morgan fingerprint density at radius 1 is 1.21 bits per heavy atom. The van der Waals surface area contributed by atoms with E-state index >= 15 is 0 Å². The molecule has 2 rings (SSSR count). The minimum atomic E-state index is -3.39. The maximum Gasteiger partial charge on any atom is 0.243 e. The van der Waals surface area contributed by atoms with E-state index in [1.165, 1.54) is 4.31 Å². The average Bonchev–Trinajstić information content (AvgIpc) is 2.39.